The molecule has 1 atom stereocenters. The normalized spacial score (nSPS) is 20.6. The molecule has 0 amide bonds. The van der Waals surface area contributed by atoms with Crippen molar-refractivity contribution in [3.8, 4) is 0 Å². The quantitative estimate of drug-likeness (QED) is 0.348. The minimum absolute atomic E-state index is 0. The lowest BCUT2D eigenvalue weighted by Crippen LogP contribution is -2.49. The molecule has 1 aromatic carbocycles. The Kier molecular flexibility index (Phi) is 9.15. The van der Waals surface area contributed by atoms with Crippen molar-refractivity contribution in [2.24, 2.45) is 12.0 Å². The number of hydrogen-bond donors (Lipinski definition) is 1. The number of aliphatic imine (C=N–C) groups is 1. The number of piperazine rings is 1. The van der Waals surface area contributed by atoms with E-state index in [0.29, 0.717) is 5.92 Å². The molecule has 2 aliphatic heterocycles. The summed E-state index contributed by atoms with van der Waals surface area (Å²) in [5.74, 6) is 1.58. The van der Waals surface area contributed by atoms with Crippen molar-refractivity contribution in [1.29, 1.82) is 0 Å². The van der Waals surface area contributed by atoms with Gasteiger partial charge in [0.1, 0.15) is 0 Å². The molecule has 0 aliphatic carbocycles. The number of likely N-dealkylation sites (tertiary alicyclic amines) is 1. The van der Waals surface area contributed by atoms with Gasteiger partial charge in [-0.1, -0.05) is 30.3 Å². The van der Waals surface area contributed by atoms with Gasteiger partial charge >= 0.3 is 0 Å². The van der Waals surface area contributed by atoms with Crippen LogP contribution in [-0.4, -0.2) is 89.8 Å². The van der Waals surface area contributed by atoms with Crippen molar-refractivity contribution in [1.82, 2.24) is 29.8 Å². The van der Waals surface area contributed by atoms with Crippen molar-refractivity contribution < 1.29 is 0 Å². The lowest BCUT2D eigenvalue weighted by Gasteiger charge is -2.35. The first-order chi connectivity index (χ1) is 14.7. The van der Waals surface area contributed by atoms with Crippen LogP contribution in [0.5, 0.6) is 0 Å². The maximum Gasteiger partial charge on any atom is 0.193 e. The molecule has 170 valence electrons. The Hall–Kier alpha value is -1.65. The number of nitrogens with one attached hydrogen (secondary N) is 1. The molecule has 2 saturated heterocycles. The highest BCUT2D eigenvalue weighted by molar-refractivity contribution is 14.0. The third-order valence-electron chi connectivity index (χ3n) is 6.32. The van der Waals surface area contributed by atoms with Crippen LogP contribution in [-0.2, 0) is 13.6 Å². The average Bonchev–Trinajstić information content (AvgIpc) is 3.42. The highest BCUT2D eigenvalue weighted by atomic mass is 127. The van der Waals surface area contributed by atoms with Crippen LogP contribution in [0.25, 0.3) is 0 Å². The first kappa shape index (κ1) is 24.0. The van der Waals surface area contributed by atoms with Crippen molar-refractivity contribution in [2.45, 2.75) is 18.9 Å². The zero-order chi connectivity index (χ0) is 20.8. The summed E-state index contributed by atoms with van der Waals surface area (Å²) in [6.07, 6.45) is 5.30. The third kappa shape index (κ3) is 6.66. The SMILES string of the molecule is CN=C(NCCN1CCN(Cc2ccccc2)CC1)N1CCC(c2cnn(C)c2)C1.I. The number of guanidine groups is 1. The topological polar surface area (TPSA) is 51.9 Å². The molecule has 1 unspecified atom stereocenters. The van der Waals surface area contributed by atoms with Crippen LogP contribution in [0, 0.1) is 0 Å². The van der Waals surface area contributed by atoms with Gasteiger partial charge in [0.15, 0.2) is 5.96 Å². The summed E-state index contributed by atoms with van der Waals surface area (Å²) >= 11 is 0. The average molecular weight is 537 g/mol. The van der Waals surface area contributed by atoms with E-state index in [0.717, 1.165) is 71.3 Å². The van der Waals surface area contributed by atoms with Gasteiger partial charge in [-0.15, -0.1) is 24.0 Å². The maximum absolute atomic E-state index is 4.53. The van der Waals surface area contributed by atoms with Crippen molar-refractivity contribution in [3.05, 3.63) is 53.9 Å². The summed E-state index contributed by atoms with van der Waals surface area (Å²) in [6.45, 7) is 9.70. The minimum Gasteiger partial charge on any atom is -0.355 e. The molecule has 0 spiro atoms. The smallest absolute Gasteiger partial charge is 0.193 e. The van der Waals surface area contributed by atoms with Gasteiger partial charge in [0.25, 0.3) is 0 Å². The van der Waals surface area contributed by atoms with Crippen LogP contribution in [0.3, 0.4) is 0 Å². The summed E-state index contributed by atoms with van der Waals surface area (Å²) in [5.41, 5.74) is 2.75. The van der Waals surface area contributed by atoms with Crippen LogP contribution < -0.4 is 5.32 Å². The highest BCUT2D eigenvalue weighted by Gasteiger charge is 2.27. The van der Waals surface area contributed by atoms with Gasteiger partial charge in [-0.2, -0.15) is 5.10 Å². The number of aromatic nitrogens is 2. The van der Waals surface area contributed by atoms with E-state index < -0.39 is 0 Å². The summed E-state index contributed by atoms with van der Waals surface area (Å²) in [7, 11) is 3.88. The van der Waals surface area contributed by atoms with Gasteiger partial charge in [0.2, 0.25) is 0 Å². The predicted octanol–water partition coefficient (Wildman–Crippen LogP) is 2.22. The van der Waals surface area contributed by atoms with Crippen LogP contribution in [0.4, 0.5) is 0 Å². The van der Waals surface area contributed by atoms with E-state index in [4.69, 9.17) is 0 Å². The van der Waals surface area contributed by atoms with Gasteiger partial charge in [-0.3, -0.25) is 19.5 Å². The minimum atomic E-state index is 0. The number of nitrogens with zero attached hydrogens (tertiary/aromatic N) is 6. The Morgan fingerprint density at radius 2 is 1.84 bits per heavy atom. The molecule has 8 heteroatoms. The lowest BCUT2D eigenvalue weighted by molar-refractivity contribution is 0.128. The monoisotopic (exact) mass is 537 g/mol. The number of hydrogen-bond acceptors (Lipinski definition) is 4. The Morgan fingerprint density at radius 1 is 1.10 bits per heavy atom. The zero-order valence-corrected chi connectivity index (χ0v) is 21.1. The highest BCUT2D eigenvalue weighted by Crippen LogP contribution is 2.26. The second kappa shape index (κ2) is 11.8. The lowest BCUT2D eigenvalue weighted by atomic mass is 10.0. The second-order valence-corrected chi connectivity index (χ2v) is 8.46. The van der Waals surface area contributed by atoms with Gasteiger partial charge in [0, 0.05) is 85.1 Å². The van der Waals surface area contributed by atoms with Crippen molar-refractivity contribution >= 4 is 29.9 Å². The largest absolute Gasteiger partial charge is 0.355 e. The van der Waals surface area contributed by atoms with E-state index in [9.17, 15) is 0 Å². The van der Waals surface area contributed by atoms with Crippen LogP contribution in [0.15, 0.2) is 47.7 Å². The molecule has 0 saturated carbocycles. The summed E-state index contributed by atoms with van der Waals surface area (Å²) in [5, 5.41) is 7.91. The number of rotatable bonds is 6. The standard InChI is InChI=1S/C23H35N7.HI/c1-24-23(30-10-8-21(19-30)22-16-26-27(2)18-22)25-9-11-28-12-14-29(15-13-28)17-20-6-4-3-5-7-20;/h3-7,16,18,21H,8-15,17,19H2,1-2H3,(H,24,25);1H. The van der Waals surface area contributed by atoms with E-state index in [2.05, 4.69) is 66.6 Å². The van der Waals surface area contributed by atoms with E-state index in [-0.39, 0.29) is 24.0 Å². The number of halogens is 1. The molecule has 0 radical (unpaired) electrons. The van der Waals surface area contributed by atoms with E-state index in [1.807, 2.05) is 25.0 Å². The first-order valence-electron chi connectivity index (χ1n) is 11.1. The molecule has 1 aromatic heterocycles. The second-order valence-electron chi connectivity index (χ2n) is 8.46. The van der Waals surface area contributed by atoms with Gasteiger partial charge in [0.05, 0.1) is 6.20 Å². The fourth-order valence-corrected chi connectivity index (χ4v) is 4.55. The Morgan fingerprint density at radius 3 is 2.52 bits per heavy atom. The van der Waals surface area contributed by atoms with E-state index in [1.54, 1.807) is 0 Å². The fraction of sp³-hybridized carbons (Fsp3) is 0.565. The summed E-state index contributed by atoms with van der Waals surface area (Å²) < 4.78 is 1.89. The van der Waals surface area contributed by atoms with Crippen molar-refractivity contribution in [2.75, 3.05) is 59.4 Å². The van der Waals surface area contributed by atoms with Gasteiger partial charge < -0.3 is 10.2 Å². The van der Waals surface area contributed by atoms with E-state index >= 15 is 0 Å². The summed E-state index contributed by atoms with van der Waals surface area (Å²) in [4.78, 5) is 12.0. The Balaban J connectivity index is 0.00000272. The predicted molar refractivity (Wildman–Crippen MR) is 137 cm³/mol. The first-order valence-corrected chi connectivity index (χ1v) is 11.1. The molecular formula is C23H36IN7. The Labute approximate surface area is 203 Å². The van der Waals surface area contributed by atoms with Crippen LogP contribution in [0.1, 0.15) is 23.5 Å². The Bertz CT molecular complexity index is 814. The summed E-state index contributed by atoms with van der Waals surface area (Å²) in [6, 6.07) is 10.8. The zero-order valence-electron chi connectivity index (χ0n) is 18.8. The molecule has 2 aromatic rings. The third-order valence-corrected chi connectivity index (χ3v) is 6.32. The van der Waals surface area contributed by atoms with Crippen LogP contribution in [0.2, 0.25) is 0 Å². The van der Waals surface area contributed by atoms with Gasteiger partial charge in [-0.05, 0) is 17.5 Å². The molecular weight excluding hydrogens is 501 g/mol. The molecule has 2 aliphatic rings. The molecule has 1 N–H and O–H groups in total. The molecule has 7 nitrogen and oxygen atoms in total. The molecule has 4 rings (SSSR count). The van der Waals surface area contributed by atoms with Crippen molar-refractivity contribution in [3.63, 3.8) is 0 Å². The molecule has 31 heavy (non-hydrogen) atoms. The maximum atomic E-state index is 4.53. The van der Waals surface area contributed by atoms with Crippen LogP contribution >= 0.6 is 24.0 Å². The van der Waals surface area contributed by atoms with E-state index in [1.165, 1.54) is 11.1 Å². The molecule has 0 bridgehead atoms. The number of benzene rings is 1. The molecule has 2 fully saturated rings. The van der Waals surface area contributed by atoms with Gasteiger partial charge in [-0.25, -0.2) is 0 Å². The molecule has 3 heterocycles. The number of aryl methyl sites for hydroxylation is 1. The fourth-order valence-electron chi connectivity index (χ4n) is 4.55.